The normalized spacial score (nSPS) is 13.7. The van der Waals surface area contributed by atoms with Gasteiger partial charge in [0.25, 0.3) is 0 Å². The van der Waals surface area contributed by atoms with Crippen molar-refractivity contribution in [3.05, 3.63) is 151 Å². The van der Waals surface area contributed by atoms with E-state index in [1.165, 1.54) is 22.3 Å². The van der Waals surface area contributed by atoms with Crippen molar-refractivity contribution in [2.45, 2.75) is 12.8 Å². The van der Waals surface area contributed by atoms with E-state index in [4.69, 9.17) is 18.8 Å². The minimum atomic E-state index is 0.378. The van der Waals surface area contributed by atoms with Crippen LogP contribution in [-0.2, 0) is 0 Å². The summed E-state index contributed by atoms with van der Waals surface area (Å²) >= 11 is 0. The molecule has 0 saturated heterocycles. The van der Waals surface area contributed by atoms with Crippen LogP contribution in [0.15, 0.2) is 148 Å². The van der Waals surface area contributed by atoms with Gasteiger partial charge in [-0.15, -0.1) is 0 Å². The molecule has 1 atom stereocenters. The van der Waals surface area contributed by atoms with E-state index in [0.717, 1.165) is 50.4 Å². The number of anilines is 3. The molecule has 0 radical (unpaired) electrons. The Morgan fingerprint density at radius 3 is 1.76 bits per heavy atom. The molecule has 1 aliphatic carbocycles. The SMILES string of the molecule is CC1c2ccccc2-c2cc(-c3nc4cc(-c5nc6cc(N(c7ccccc7)c7ccccc7)ccc6o5)ccc4o3)ccc21. The Balaban J connectivity index is 1.07. The Kier molecular flexibility index (Phi) is 5.72. The maximum absolute atomic E-state index is 6.25. The number of hydrogen-bond acceptors (Lipinski definition) is 5. The molecule has 1 aliphatic rings. The average molecular weight is 582 g/mol. The minimum absolute atomic E-state index is 0.378. The molecule has 1 unspecified atom stereocenters. The van der Waals surface area contributed by atoms with Crippen molar-refractivity contribution >= 4 is 39.3 Å². The number of rotatable bonds is 5. The van der Waals surface area contributed by atoms with Crippen LogP contribution in [0.25, 0.3) is 56.2 Å². The second-order valence-electron chi connectivity index (χ2n) is 11.5. The highest BCUT2D eigenvalue weighted by Gasteiger charge is 2.26. The summed E-state index contributed by atoms with van der Waals surface area (Å²) in [7, 11) is 0. The molecule has 214 valence electrons. The second-order valence-corrected chi connectivity index (χ2v) is 11.5. The molecule has 0 N–H and O–H groups in total. The van der Waals surface area contributed by atoms with Gasteiger partial charge >= 0.3 is 0 Å². The molecule has 45 heavy (non-hydrogen) atoms. The predicted octanol–water partition coefficient (Wildman–Crippen LogP) is 10.9. The lowest BCUT2D eigenvalue weighted by Crippen LogP contribution is -2.09. The van der Waals surface area contributed by atoms with Crippen molar-refractivity contribution in [3.63, 3.8) is 0 Å². The second kappa shape index (κ2) is 10.1. The number of aromatic nitrogens is 2. The Morgan fingerprint density at radius 2 is 1.04 bits per heavy atom. The highest BCUT2D eigenvalue weighted by molar-refractivity contribution is 5.88. The summed E-state index contributed by atoms with van der Waals surface area (Å²) in [6.45, 7) is 2.26. The third-order valence-electron chi connectivity index (χ3n) is 8.78. The molecule has 5 nitrogen and oxygen atoms in total. The van der Waals surface area contributed by atoms with Crippen molar-refractivity contribution in [1.29, 1.82) is 0 Å². The van der Waals surface area contributed by atoms with Gasteiger partial charge in [-0.1, -0.05) is 73.7 Å². The number of fused-ring (bicyclic) bond motifs is 5. The summed E-state index contributed by atoms with van der Waals surface area (Å²) in [5.74, 6) is 1.53. The highest BCUT2D eigenvalue weighted by atomic mass is 16.4. The monoisotopic (exact) mass is 581 g/mol. The predicted molar refractivity (Wildman–Crippen MR) is 180 cm³/mol. The zero-order valence-electron chi connectivity index (χ0n) is 24.5. The summed E-state index contributed by atoms with van der Waals surface area (Å²) in [6.07, 6.45) is 0. The molecule has 9 rings (SSSR count). The van der Waals surface area contributed by atoms with Crippen LogP contribution in [0.5, 0.6) is 0 Å². The van der Waals surface area contributed by atoms with E-state index in [9.17, 15) is 0 Å². The molecular formula is C40H27N3O2. The molecule has 0 aliphatic heterocycles. The van der Waals surface area contributed by atoms with Gasteiger partial charge in [0.05, 0.1) is 0 Å². The first-order valence-corrected chi connectivity index (χ1v) is 15.1. The van der Waals surface area contributed by atoms with Crippen LogP contribution in [0, 0.1) is 0 Å². The quantitative estimate of drug-likeness (QED) is 0.202. The molecule has 2 heterocycles. The van der Waals surface area contributed by atoms with Gasteiger partial charge < -0.3 is 13.7 Å². The van der Waals surface area contributed by atoms with Gasteiger partial charge in [0.2, 0.25) is 11.8 Å². The van der Waals surface area contributed by atoms with E-state index in [1.54, 1.807) is 0 Å². The van der Waals surface area contributed by atoms with Crippen molar-refractivity contribution in [1.82, 2.24) is 9.97 Å². The summed E-state index contributed by atoms with van der Waals surface area (Å²) in [5, 5.41) is 0. The van der Waals surface area contributed by atoms with Crippen LogP contribution in [-0.4, -0.2) is 9.97 Å². The Labute approximate surface area is 260 Å². The van der Waals surface area contributed by atoms with Crippen molar-refractivity contribution in [3.8, 4) is 34.0 Å². The largest absolute Gasteiger partial charge is 0.436 e. The van der Waals surface area contributed by atoms with Crippen molar-refractivity contribution < 1.29 is 8.83 Å². The van der Waals surface area contributed by atoms with Gasteiger partial charge in [-0.2, -0.15) is 0 Å². The van der Waals surface area contributed by atoms with Crippen molar-refractivity contribution in [2.75, 3.05) is 4.90 Å². The number of oxazole rings is 2. The Bertz CT molecular complexity index is 2320. The summed E-state index contributed by atoms with van der Waals surface area (Å²) in [6, 6.07) is 47.9. The molecule has 0 bridgehead atoms. The number of nitrogens with zero attached hydrogens (tertiary/aromatic N) is 3. The van der Waals surface area contributed by atoms with Crippen molar-refractivity contribution in [2.24, 2.45) is 0 Å². The van der Waals surface area contributed by atoms with E-state index >= 15 is 0 Å². The van der Waals surface area contributed by atoms with Crippen LogP contribution < -0.4 is 4.90 Å². The zero-order valence-corrected chi connectivity index (χ0v) is 24.5. The average Bonchev–Trinajstić information content (AvgIpc) is 3.80. The number of para-hydroxylation sites is 2. The minimum Gasteiger partial charge on any atom is -0.436 e. The lowest BCUT2D eigenvalue weighted by molar-refractivity contribution is 0.618. The Morgan fingerprint density at radius 1 is 0.489 bits per heavy atom. The molecule has 0 amide bonds. The third-order valence-corrected chi connectivity index (χ3v) is 8.78. The summed E-state index contributed by atoms with van der Waals surface area (Å²) in [4.78, 5) is 12.0. The fourth-order valence-electron chi connectivity index (χ4n) is 6.55. The zero-order chi connectivity index (χ0) is 29.9. The maximum Gasteiger partial charge on any atom is 0.227 e. The molecule has 0 saturated carbocycles. The number of hydrogen-bond donors (Lipinski definition) is 0. The Hall–Kier alpha value is -5.94. The molecule has 0 fully saturated rings. The molecule has 0 spiro atoms. The van der Waals surface area contributed by atoms with Gasteiger partial charge in [-0.25, -0.2) is 9.97 Å². The van der Waals surface area contributed by atoms with E-state index in [0.29, 0.717) is 17.7 Å². The molecule has 8 aromatic rings. The van der Waals surface area contributed by atoms with E-state index < -0.39 is 0 Å². The lowest BCUT2D eigenvalue weighted by Gasteiger charge is -2.25. The fourth-order valence-corrected chi connectivity index (χ4v) is 6.55. The summed E-state index contributed by atoms with van der Waals surface area (Å²) in [5.41, 5.74) is 13.2. The van der Waals surface area contributed by atoms with Crippen LogP contribution in [0.1, 0.15) is 24.0 Å². The van der Waals surface area contributed by atoms with Crippen LogP contribution in [0.4, 0.5) is 17.1 Å². The van der Waals surface area contributed by atoms with Crippen LogP contribution >= 0.6 is 0 Å². The van der Waals surface area contributed by atoms with E-state index in [1.807, 2.05) is 60.7 Å². The fraction of sp³-hybridized carbons (Fsp3) is 0.0500. The number of benzene rings is 6. The van der Waals surface area contributed by atoms with E-state index in [-0.39, 0.29) is 0 Å². The van der Waals surface area contributed by atoms with Crippen LogP contribution in [0.2, 0.25) is 0 Å². The third kappa shape index (κ3) is 4.24. The van der Waals surface area contributed by atoms with Gasteiger partial charge in [-0.05, 0) is 95.1 Å². The summed E-state index contributed by atoms with van der Waals surface area (Å²) < 4.78 is 12.5. The van der Waals surface area contributed by atoms with Gasteiger partial charge in [-0.3, -0.25) is 0 Å². The first-order chi connectivity index (χ1) is 22.2. The topological polar surface area (TPSA) is 55.3 Å². The van der Waals surface area contributed by atoms with Gasteiger partial charge in [0.15, 0.2) is 11.2 Å². The molecule has 5 heteroatoms. The molecule has 2 aromatic heterocycles. The first-order valence-electron chi connectivity index (χ1n) is 15.1. The molecule has 6 aromatic carbocycles. The maximum atomic E-state index is 6.25. The van der Waals surface area contributed by atoms with Gasteiger partial charge in [0.1, 0.15) is 11.0 Å². The first kappa shape index (κ1) is 25.5. The van der Waals surface area contributed by atoms with E-state index in [2.05, 4.69) is 90.7 Å². The smallest absolute Gasteiger partial charge is 0.227 e. The van der Waals surface area contributed by atoms with Gasteiger partial charge in [0, 0.05) is 34.1 Å². The highest BCUT2D eigenvalue weighted by Crippen LogP contribution is 2.46. The van der Waals surface area contributed by atoms with Crippen LogP contribution in [0.3, 0.4) is 0 Å². The lowest BCUT2D eigenvalue weighted by atomic mass is 9.98. The standard InChI is InChI=1S/C40H27N3O2/c1-25-31-14-8-9-15-33(31)34-22-26(16-19-32(25)34)39-41-35-23-27(17-20-37(35)44-39)40-42-36-24-30(18-21-38(36)45-40)43(28-10-4-2-5-11-28)29-12-6-3-7-13-29/h2-25H,1H3. The molecular weight excluding hydrogens is 554 g/mol.